The van der Waals surface area contributed by atoms with Crippen molar-refractivity contribution >= 4 is 62.9 Å². The normalized spacial score (nSPS) is 11.4. The van der Waals surface area contributed by atoms with Crippen LogP contribution in [0.4, 0.5) is 22.7 Å². The first kappa shape index (κ1) is 34.4. The number of nitrogens with zero attached hydrogens (tertiary/aromatic N) is 2. The third-order valence-electron chi connectivity index (χ3n) is 7.40. The van der Waals surface area contributed by atoms with Crippen molar-refractivity contribution in [2.24, 2.45) is 0 Å². The van der Waals surface area contributed by atoms with Crippen molar-refractivity contribution in [3.8, 4) is 9.75 Å². The van der Waals surface area contributed by atoms with Crippen LogP contribution in [0.15, 0.2) is 176 Å². The van der Waals surface area contributed by atoms with Crippen LogP contribution in [-0.4, -0.2) is 17.2 Å². The van der Waals surface area contributed by atoms with Gasteiger partial charge in [0.1, 0.15) is 0 Å². The molecule has 0 unspecified atom stereocenters. The largest absolute Gasteiger partial charge is 0.499 e. The molecule has 0 radical (unpaired) electrons. The zero-order chi connectivity index (χ0) is 33.9. The quantitative estimate of drug-likeness (QED) is 0.107. The smallest absolute Gasteiger partial charge is 0.423 e. The van der Waals surface area contributed by atoms with Crippen molar-refractivity contribution in [3.05, 3.63) is 181 Å². The highest BCUT2D eigenvalue weighted by Crippen LogP contribution is 2.38. The molecule has 6 rings (SSSR count). The Balaban J connectivity index is 0.00000221. The van der Waals surface area contributed by atoms with Crippen LogP contribution in [0.2, 0.25) is 0 Å². The van der Waals surface area contributed by atoms with Gasteiger partial charge in [-0.15, -0.1) is 22.7 Å². The minimum Gasteiger partial charge on any atom is -0.423 e. The molecule has 0 aliphatic rings. The van der Waals surface area contributed by atoms with Gasteiger partial charge in [-0.1, -0.05) is 99.3 Å². The molecular weight excluding hydrogens is 627 g/mol. The Kier molecular flexibility index (Phi) is 12.0. The molecule has 0 saturated heterocycles. The fourth-order valence-corrected chi connectivity index (χ4v) is 7.28. The number of hydrogen-bond acceptors (Lipinski definition) is 6. The van der Waals surface area contributed by atoms with Gasteiger partial charge in [0.2, 0.25) is 0 Å². The minimum atomic E-state index is -1.48. The maximum Gasteiger partial charge on any atom is 0.499 e. The second kappa shape index (κ2) is 16.8. The summed E-state index contributed by atoms with van der Waals surface area (Å²) in [6.45, 7) is 10.7. The molecule has 0 fully saturated rings. The molecule has 0 spiro atoms. The van der Waals surface area contributed by atoms with Gasteiger partial charge in [-0.3, -0.25) is 0 Å². The number of rotatable bonds is 11. The highest BCUT2D eigenvalue weighted by Gasteiger charge is 2.18. The standard InChI is InChI=1S/C39H33BN2O2S2.C2H6/c1-29(41(32-15-7-3-8-16-32)33-17-9-4-10-18-33)27-31(36-23-24-37(45-36)38-25-26-39(46-38)40(43)44)28-30(2)42(34-19-11-5-12-20-34)35-21-13-6-14-22-35;1-2/h3-28,43-44H,1H2,2H3;1-2H3/b30-28+,31-27+;. The molecule has 2 heterocycles. The highest BCUT2D eigenvalue weighted by molar-refractivity contribution is 7.28. The molecule has 7 heteroatoms. The van der Waals surface area contributed by atoms with Crippen molar-refractivity contribution < 1.29 is 10.0 Å². The van der Waals surface area contributed by atoms with Gasteiger partial charge >= 0.3 is 7.12 Å². The molecule has 4 nitrogen and oxygen atoms in total. The maximum absolute atomic E-state index is 9.69. The number of para-hydroxylation sites is 4. The van der Waals surface area contributed by atoms with Crippen LogP contribution in [0, 0.1) is 0 Å². The second-order valence-corrected chi connectivity index (χ2v) is 12.8. The predicted molar refractivity (Wildman–Crippen MR) is 210 cm³/mol. The minimum absolute atomic E-state index is 0.521. The summed E-state index contributed by atoms with van der Waals surface area (Å²) in [6.07, 6.45) is 4.36. The van der Waals surface area contributed by atoms with Gasteiger partial charge in [-0.25, -0.2) is 0 Å². The first-order valence-electron chi connectivity index (χ1n) is 15.9. The molecule has 0 bridgehead atoms. The number of hydrogen-bond donors (Lipinski definition) is 2. The van der Waals surface area contributed by atoms with Crippen molar-refractivity contribution in [1.82, 2.24) is 0 Å². The van der Waals surface area contributed by atoms with E-state index in [-0.39, 0.29) is 0 Å². The Morgan fingerprint density at radius 3 is 1.42 bits per heavy atom. The van der Waals surface area contributed by atoms with Crippen molar-refractivity contribution in [1.29, 1.82) is 0 Å². The summed E-state index contributed by atoms with van der Waals surface area (Å²) in [5, 5.41) is 19.4. The fourth-order valence-electron chi connectivity index (χ4n) is 5.31. The molecule has 4 aromatic carbocycles. The Labute approximate surface area is 292 Å². The van der Waals surface area contributed by atoms with Crippen LogP contribution in [-0.2, 0) is 0 Å². The van der Waals surface area contributed by atoms with Crippen LogP contribution >= 0.6 is 22.7 Å². The van der Waals surface area contributed by atoms with E-state index < -0.39 is 7.12 Å². The topological polar surface area (TPSA) is 46.9 Å². The van der Waals surface area contributed by atoms with E-state index in [1.165, 1.54) is 11.3 Å². The summed E-state index contributed by atoms with van der Waals surface area (Å²) in [4.78, 5) is 7.53. The number of thiophene rings is 2. The summed E-state index contributed by atoms with van der Waals surface area (Å²) >= 11 is 3.05. The van der Waals surface area contributed by atoms with E-state index in [2.05, 4.69) is 120 Å². The van der Waals surface area contributed by atoms with Gasteiger partial charge in [0.15, 0.2) is 0 Å². The molecule has 2 aromatic heterocycles. The Morgan fingerprint density at radius 2 is 0.979 bits per heavy atom. The molecule has 0 aliphatic heterocycles. The van der Waals surface area contributed by atoms with E-state index in [0.717, 1.165) is 54.3 Å². The molecular formula is C41H39BN2O2S2. The Bertz CT molecular complexity index is 1870. The molecule has 48 heavy (non-hydrogen) atoms. The molecule has 0 aliphatic carbocycles. The van der Waals surface area contributed by atoms with E-state index in [0.29, 0.717) is 4.78 Å². The average Bonchev–Trinajstić information content (AvgIpc) is 3.82. The summed E-state index contributed by atoms with van der Waals surface area (Å²) in [5.41, 5.74) is 7.04. The third kappa shape index (κ3) is 8.32. The van der Waals surface area contributed by atoms with Crippen molar-refractivity contribution in [2.45, 2.75) is 20.8 Å². The van der Waals surface area contributed by atoms with E-state index in [1.807, 2.05) is 68.4 Å². The van der Waals surface area contributed by atoms with Crippen LogP contribution in [0.3, 0.4) is 0 Å². The van der Waals surface area contributed by atoms with Gasteiger partial charge in [-0.2, -0.15) is 0 Å². The lowest BCUT2D eigenvalue weighted by molar-refractivity contribution is 0.427. The van der Waals surface area contributed by atoms with Gasteiger partial charge in [0.25, 0.3) is 0 Å². The lowest BCUT2D eigenvalue weighted by Crippen LogP contribution is -2.26. The van der Waals surface area contributed by atoms with E-state index in [1.54, 1.807) is 17.4 Å². The lowest BCUT2D eigenvalue weighted by Gasteiger charge is -2.27. The Morgan fingerprint density at radius 1 is 0.562 bits per heavy atom. The SMILES string of the molecule is C=C(/C=C(\C=C(/C)N(c1ccccc1)c1ccccc1)c1ccc(-c2ccc(B(O)O)s2)s1)N(c1ccccc1)c1ccccc1.CC. The highest BCUT2D eigenvalue weighted by atomic mass is 32.1. The van der Waals surface area contributed by atoms with Crippen LogP contribution in [0.1, 0.15) is 25.6 Å². The zero-order valence-electron chi connectivity index (χ0n) is 27.4. The first-order chi connectivity index (χ1) is 23.5. The van der Waals surface area contributed by atoms with Crippen LogP contribution in [0.5, 0.6) is 0 Å². The van der Waals surface area contributed by atoms with Crippen LogP contribution in [0.25, 0.3) is 15.3 Å². The summed E-state index contributed by atoms with van der Waals surface area (Å²) in [7, 11) is -1.48. The summed E-state index contributed by atoms with van der Waals surface area (Å²) < 4.78 is 0.521. The number of anilines is 4. The van der Waals surface area contributed by atoms with Gasteiger partial charge in [-0.05, 0) is 91.4 Å². The molecule has 6 aromatic rings. The van der Waals surface area contributed by atoms with Gasteiger partial charge in [0.05, 0.1) is 0 Å². The van der Waals surface area contributed by atoms with Crippen molar-refractivity contribution in [2.75, 3.05) is 9.80 Å². The zero-order valence-corrected chi connectivity index (χ0v) is 29.0. The molecule has 240 valence electrons. The van der Waals surface area contributed by atoms with Gasteiger partial charge < -0.3 is 19.8 Å². The first-order valence-corrected chi connectivity index (χ1v) is 17.6. The van der Waals surface area contributed by atoms with Gasteiger partial charge in [0, 0.05) is 53.6 Å². The van der Waals surface area contributed by atoms with E-state index in [4.69, 9.17) is 0 Å². The molecule has 0 amide bonds. The monoisotopic (exact) mass is 666 g/mol. The average molecular weight is 667 g/mol. The second-order valence-electron chi connectivity index (χ2n) is 10.6. The Hall–Kier alpha value is -4.92. The molecule has 0 atom stereocenters. The lowest BCUT2D eigenvalue weighted by atomic mass is 9.90. The number of benzene rings is 4. The fraction of sp³-hybridized carbons (Fsp3) is 0.0732. The van der Waals surface area contributed by atoms with Crippen molar-refractivity contribution in [3.63, 3.8) is 0 Å². The summed E-state index contributed by atoms with van der Waals surface area (Å²) in [6, 6.07) is 49.2. The molecule has 2 N–H and O–H groups in total. The van der Waals surface area contributed by atoms with E-state index in [9.17, 15) is 10.0 Å². The summed E-state index contributed by atoms with van der Waals surface area (Å²) in [5.74, 6) is 0. The third-order valence-corrected chi connectivity index (χ3v) is 9.85. The maximum atomic E-state index is 9.69. The van der Waals surface area contributed by atoms with E-state index >= 15 is 0 Å². The van der Waals surface area contributed by atoms with Crippen LogP contribution < -0.4 is 14.6 Å². The molecule has 0 saturated carbocycles. The predicted octanol–water partition coefficient (Wildman–Crippen LogP) is 10.7. The number of allylic oxidation sites excluding steroid dienone is 4.